The van der Waals surface area contributed by atoms with Crippen LogP contribution in [-0.2, 0) is 11.3 Å². The summed E-state index contributed by atoms with van der Waals surface area (Å²) in [6.45, 7) is 3.30. The maximum absolute atomic E-state index is 12.0. The number of imidazole rings is 1. The maximum Gasteiger partial charge on any atom is 0.223 e. The van der Waals surface area contributed by atoms with Crippen LogP contribution in [0.2, 0.25) is 0 Å². The second-order valence-electron chi connectivity index (χ2n) is 6.65. The van der Waals surface area contributed by atoms with Crippen LogP contribution in [0.3, 0.4) is 0 Å². The Hall–Kier alpha value is -2.58. The molecule has 0 radical (unpaired) electrons. The Morgan fingerprint density at radius 2 is 2.19 bits per heavy atom. The van der Waals surface area contributed by atoms with Gasteiger partial charge in [-0.15, -0.1) is 22.7 Å². The molecular weight excluding hydrogens is 378 g/mol. The number of carbonyl (C=O) groups is 1. The SMILES string of the molecule is Cc1csc(-c2nc(CN3CCCC3=O)[nH]c2-c2ccc3ncsc3c2)n1. The quantitative estimate of drug-likeness (QED) is 0.561. The standard InChI is InChI=1S/C19H17N5OS2/c1-11-9-26-19(21-11)18-17(12-4-5-13-14(7-12)27-10-20-13)22-15(23-18)8-24-6-2-3-16(24)25/h4-5,7,9-10H,2-3,6,8H2,1H3,(H,22,23). The van der Waals surface area contributed by atoms with Crippen LogP contribution < -0.4 is 0 Å². The van der Waals surface area contributed by atoms with Crippen molar-refractivity contribution in [2.75, 3.05) is 6.54 Å². The van der Waals surface area contributed by atoms with E-state index in [0.29, 0.717) is 13.0 Å². The fourth-order valence-corrected chi connectivity index (χ4v) is 4.89. The normalized spacial score (nSPS) is 14.6. The van der Waals surface area contributed by atoms with Crippen molar-refractivity contribution in [2.24, 2.45) is 0 Å². The number of aromatic amines is 1. The summed E-state index contributed by atoms with van der Waals surface area (Å²) in [6.07, 6.45) is 1.56. The summed E-state index contributed by atoms with van der Waals surface area (Å²) in [4.78, 5) is 31.1. The predicted molar refractivity (Wildman–Crippen MR) is 108 cm³/mol. The third-order valence-electron chi connectivity index (χ3n) is 4.71. The van der Waals surface area contributed by atoms with E-state index in [1.165, 1.54) is 0 Å². The van der Waals surface area contributed by atoms with Crippen molar-refractivity contribution in [3.8, 4) is 22.0 Å². The molecule has 5 rings (SSSR count). The number of aromatic nitrogens is 4. The minimum absolute atomic E-state index is 0.200. The van der Waals surface area contributed by atoms with Crippen LogP contribution in [0, 0.1) is 6.92 Å². The number of aryl methyl sites for hydroxylation is 1. The number of hydrogen-bond acceptors (Lipinski definition) is 6. The lowest BCUT2D eigenvalue weighted by molar-refractivity contribution is -0.128. The van der Waals surface area contributed by atoms with Gasteiger partial charge in [0, 0.05) is 29.6 Å². The molecule has 0 aliphatic carbocycles. The molecule has 0 unspecified atom stereocenters. The van der Waals surface area contributed by atoms with E-state index >= 15 is 0 Å². The summed E-state index contributed by atoms with van der Waals surface area (Å²) in [6, 6.07) is 6.22. The molecule has 0 spiro atoms. The number of fused-ring (bicyclic) bond motifs is 1. The van der Waals surface area contributed by atoms with Crippen molar-refractivity contribution in [3.05, 3.63) is 40.6 Å². The fraction of sp³-hybridized carbons (Fsp3) is 0.263. The number of likely N-dealkylation sites (tertiary alicyclic amines) is 1. The summed E-state index contributed by atoms with van der Waals surface area (Å²) < 4.78 is 1.14. The van der Waals surface area contributed by atoms with Crippen molar-refractivity contribution < 1.29 is 4.79 Å². The first kappa shape index (κ1) is 16.6. The number of benzene rings is 1. The molecule has 4 aromatic rings. The molecule has 6 nitrogen and oxygen atoms in total. The Morgan fingerprint density at radius 3 is 2.96 bits per heavy atom. The Kier molecular flexibility index (Phi) is 4.02. The maximum atomic E-state index is 12.0. The van der Waals surface area contributed by atoms with Crippen molar-refractivity contribution in [1.82, 2.24) is 24.8 Å². The highest BCUT2D eigenvalue weighted by Gasteiger charge is 2.23. The van der Waals surface area contributed by atoms with Gasteiger partial charge in [-0.1, -0.05) is 6.07 Å². The lowest BCUT2D eigenvalue weighted by atomic mass is 10.1. The van der Waals surface area contributed by atoms with Crippen LogP contribution in [0.4, 0.5) is 0 Å². The molecule has 1 aromatic carbocycles. The molecule has 0 atom stereocenters. The van der Waals surface area contributed by atoms with E-state index < -0.39 is 0 Å². The van der Waals surface area contributed by atoms with E-state index in [1.807, 2.05) is 28.8 Å². The first-order chi connectivity index (χ1) is 13.2. The summed E-state index contributed by atoms with van der Waals surface area (Å²) in [5.41, 5.74) is 6.69. The third kappa shape index (κ3) is 3.04. The molecule has 1 fully saturated rings. The largest absolute Gasteiger partial charge is 0.340 e. The van der Waals surface area contributed by atoms with E-state index in [1.54, 1.807) is 22.7 Å². The van der Waals surface area contributed by atoms with Gasteiger partial charge in [0.05, 0.1) is 28.0 Å². The zero-order valence-electron chi connectivity index (χ0n) is 14.7. The van der Waals surface area contributed by atoms with Crippen LogP contribution in [-0.4, -0.2) is 37.3 Å². The molecule has 1 N–H and O–H groups in total. The number of amides is 1. The molecule has 0 bridgehead atoms. The van der Waals surface area contributed by atoms with Gasteiger partial charge in [-0.25, -0.2) is 15.0 Å². The van der Waals surface area contributed by atoms with Gasteiger partial charge in [-0.2, -0.15) is 0 Å². The molecule has 3 aromatic heterocycles. The van der Waals surface area contributed by atoms with Crippen LogP contribution >= 0.6 is 22.7 Å². The monoisotopic (exact) mass is 395 g/mol. The molecule has 1 aliphatic heterocycles. The minimum atomic E-state index is 0.200. The summed E-state index contributed by atoms with van der Waals surface area (Å²) >= 11 is 3.21. The minimum Gasteiger partial charge on any atom is -0.340 e. The van der Waals surface area contributed by atoms with Crippen LogP contribution in [0.25, 0.3) is 32.2 Å². The molecule has 136 valence electrons. The van der Waals surface area contributed by atoms with E-state index in [-0.39, 0.29) is 5.91 Å². The van der Waals surface area contributed by atoms with Crippen LogP contribution in [0.5, 0.6) is 0 Å². The van der Waals surface area contributed by atoms with Crippen molar-refractivity contribution >= 4 is 38.8 Å². The van der Waals surface area contributed by atoms with E-state index in [9.17, 15) is 4.79 Å². The average molecular weight is 396 g/mol. The smallest absolute Gasteiger partial charge is 0.223 e. The highest BCUT2D eigenvalue weighted by Crippen LogP contribution is 2.34. The number of nitrogens with zero attached hydrogens (tertiary/aromatic N) is 4. The van der Waals surface area contributed by atoms with Crippen LogP contribution in [0.15, 0.2) is 29.1 Å². The lowest BCUT2D eigenvalue weighted by Crippen LogP contribution is -2.24. The number of thiazole rings is 2. The number of carbonyl (C=O) groups excluding carboxylic acids is 1. The first-order valence-corrected chi connectivity index (χ1v) is 10.6. The molecule has 1 saturated heterocycles. The second-order valence-corrected chi connectivity index (χ2v) is 8.40. The van der Waals surface area contributed by atoms with Gasteiger partial charge in [0.25, 0.3) is 0 Å². The van der Waals surface area contributed by atoms with Crippen LogP contribution in [0.1, 0.15) is 24.4 Å². The Morgan fingerprint density at radius 1 is 1.26 bits per heavy atom. The highest BCUT2D eigenvalue weighted by molar-refractivity contribution is 7.16. The summed E-state index contributed by atoms with van der Waals surface area (Å²) in [5.74, 6) is 0.998. The van der Waals surface area contributed by atoms with Gasteiger partial charge in [0.2, 0.25) is 5.91 Å². The molecule has 0 saturated carbocycles. The zero-order chi connectivity index (χ0) is 18.4. The van der Waals surface area contributed by atoms with E-state index in [2.05, 4.69) is 27.1 Å². The third-order valence-corrected chi connectivity index (χ3v) is 6.46. The van der Waals surface area contributed by atoms with E-state index in [0.717, 1.165) is 56.7 Å². The van der Waals surface area contributed by atoms with Gasteiger partial charge >= 0.3 is 0 Å². The van der Waals surface area contributed by atoms with Gasteiger partial charge in [0.15, 0.2) is 0 Å². The average Bonchev–Trinajstić information content (AvgIpc) is 3.43. The number of H-pyrrole nitrogens is 1. The first-order valence-electron chi connectivity index (χ1n) is 8.80. The van der Waals surface area contributed by atoms with Gasteiger partial charge in [0.1, 0.15) is 16.5 Å². The molecular formula is C19H17N5OS2. The highest BCUT2D eigenvalue weighted by atomic mass is 32.1. The Bertz CT molecular complexity index is 1140. The van der Waals surface area contributed by atoms with Gasteiger partial charge in [-0.05, 0) is 25.5 Å². The molecule has 27 heavy (non-hydrogen) atoms. The predicted octanol–water partition coefficient (Wildman–Crippen LogP) is 4.24. The number of rotatable bonds is 4. The lowest BCUT2D eigenvalue weighted by Gasteiger charge is -2.12. The second kappa shape index (κ2) is 6.54. The zero-order valence-corrected chi connectivity index (χ0v) is 16.4. The molecule has 8 heteroatoms. The summed E-state index contributed by atoms with van der Waals surface area (Å²) in [7, 11) is 0. The molecule has 1 aliphatic rings. The number of hydrogen-bond donors (Lipinski definition) is 1. The fourth-order valence-electron chi connectivity index (χ4n) is 3.39. The topological polar surface area (TPSA) is 74.8 Å². The van der Waals surface area contributed by atoms with Crippen molar-refractivity contribution in [1.29, 1.82) is 0 Å². The van der Waals surface area contributed by atoms with Crippen molar-refractivity contribution in [3.63, 3.8) is 0 Å². The van der Waals surface area contributed by atoms with Gasteiger partial charge in [-0.3, -0.25) is 4.79 Å². The van der Waals surface area contributed by atoms with Crippen molar-refractivity contribution in [2.45, 2.75) is 26.3 Å². The van der Waals surface area contributed by atoms with E-state index in [4.69, 9.17) is 4.98 Å². The summed E-state index contributed by atoms with van der Waals surface area (Å²) in [5, 5.41) is 2.92. The molecule has 4 heterocycles. The van der Waals surface area contributed by atoms with Gasteiger partial charge < -0.3 is 9.88 Å². The Balaban J connectivity index is 1.60. The number of nitrogens with one attached hydrogen (secondary N) is 1. The Labute approximate surface area is 163 Å². The molecule has 1 amide bonds.